The molecule has 0 aromatic carbocycles. The summed E-state index contributed by atoms with van der Waals surface area (Å²) >= 11 is 0. The Morgan fingerprint density at radius 3 is 2.33 bits per heavy atom. The van der Waals surface area contributed by atoms with Gasteiger partial charge in [0, 0.05) is 0 Å². The summed E-state index contributed by atoms with van der Waals surface area (Å²) in [6, 6.07) is 1.81. The molecule has 2 nitrogen and oxygen atoms in total. The smallest absolute Gasteiger partial charge is 0.0928 e. The molecule has 0 saturated heterocycles. The van der Waals surface area contributed by atoms with Crippen molar-refractivity contribution in [1.82, 2.24) is 0 Å². The molecular formula is C10H20N2. The minimum Gasteiger partial charge on any atom is -0.316 e. The average Bonchev–Trinajstić information content (AvgIpc) is 2.10. The van der Waals surface area contributed by atoms with Crippen molar-refractivity contribution in [3.05, 3.63) is 0 Å². The first-order valence-electron chi connectivity index (χ1n) is 4.96. The first-order chi connectivity index (χ1) is 5.81. The fourth-order valence-corrected chi connectivity index (χ4v) is 1.21. The molecular weight excluding hydrogens is 148 g/mol. The lowest BCUT2D eigenvalue weighted by atomic mass is 10.1. The largest absolute Gasteiger partial charge is 0.316 e. The zero-order valence-corrected chi connectivity index (χ0v) is 8.05. The van der Waals surface area contributed by atoms with Crippen LogP contribution in [0.25, 0.3) is 0 Å². The highest BCUT2D eigenvalue weighted by molar-refractivity contribution is 4.85. The van der Waals surface area contributed by atoms with E-state index in [-0.39, 0.29) is 6.04 Å². The van der Waals surface area contributed by atoms with Crippen molar-refractivity contribution in [2.24, 2.45) is 5.73 Å². The lowest BCUT2D eigenvalue weighted by Gasteiger charge is -2.01. The first-order valence-corrected chi connectivity index (χ1v) is 4.96. The van der Waals surface area contributed by atoms with Crippen LogP contribution in [0.1, 0.15) is 51.9 Å². The van der Waals surface area contributed by atoms with Crippen LogP contribution in [-0.2, 0) is 0 Å². The second-order valence-electron chi connectivity index (χ2n) is 3.29. The van der Waals surface area contributed by atoms with Gasteiger partial charge in [0.05, 0.1) is 12.1 Å². The molecule has 70 valence electrons. The quantitative estimate of drug-likeness (QED) is 0.594. The topological polar surface area (TPSA) is 49.8 Å². The molecule has 0 unspecified atom stereocenters. The third-order valence-corrected chi connectivity index (χ3v) is 2.03. The molecule has 0 rings (SSSR count). The van der Waals surface area contributed by atoms with E-state index in [1.165, 1.54) is 32.1 Å². The summed E-state index contributed by atoms with van der Waals surface area (Å²) in [4.78, 5) is 0. The van der Waals surface area contributed by atoms with Crippen LogP contribution in [0.2, 0.25) is 0 Å². The molecule has 0 aromatic heterocycles. The van der Waals surface area contributed by atoms with Gasteiger partial charge in [0.15, 0.2) is 0 Å². The van der Waals surface area contributed by atoms with E-state index in [0.717, 1.165) is 12.8 Å². The van der Waals surface area contributed by atoms with Crippen LogP contribution >= 0.6 is 0 Å². The fourth-order valence-electron chi connectivity index (χ4n) is 1.21. The standard InChI is InChI=1S/C10H20N2/c1-2-3-4-5-6-7-8-10(12)9-11/h10H,2-8,12H2,1H3/t10-/m0/s1. The summed E-state index contributed by atoms with van der Waals surface area (Å²) in [7, 11) is 0. The maximum atomic E-state index is 8.40. The summed E-state index contributed by atoms with van der Waals surface area (Å²) < 4.78 is 0. The van der Waals surface area contributed by atoms with E-state index in [4.69, 9.17) is 11.0 Å². The molecule has 0 saturated carbocycles. The Morgan fingerprint density at radius 2 is 1.75 bits per heavy atom. The van der Waals surface area contributed by atoms with Gasteiger partial charge in [-0.2, -0.15) is 5.26 Å². The van der Waals surface area contributed by atoms with Crippen molar-refractivity contribution in [1.29, 1.82) is 5.26 Å². The predicted molar refractivity (Wildman–Crippen MR) is 51.6 cm³/mol. The number of hydrogen-bond acceptors (Lipinski definition) is 2. The Bertz CT molecular complexity index is 126. The SMILES string of the molecule is CCCCCCCC[C@H](N)C#N. The van der Waals surface area contributed by atoms with Crippen molar-refractivity contribution in [3.8, 4) is 6.07 Å². The molecule has 12 heavy (non-hydrogen) atoms. The van der Waals surface area contributed by atoms with Gasteiger partial charge in [-0.15, -0.1) is 0 Å². The molecule has 0 amide bonds. The molecule has 1 atom stereocenters. The predicted octanol–water partition coefficient (Wildman–Crippen LogP) is 2.59. The molecule has 2 heteroatoms. The van der Waals surface area contributed by atoms with Crippen LogP contribution < -0.4 is 5.73 Å². The van der Waals surface area contributed by atoms with Gasteiger partial charge < -0.3 is 5.73 Å². The van der Waals surface area contributed by atoms with Crippen LogP contribution in [0.3, 0.4) is 0 Å². The number of hydrogen-bond donors (Lipinski definition) is 1. The molecule has 2 N–H and O–H groups in total. The van der Waals surface area contributed by atoms with Crippen LogP contribution in [0, 0.1) is 11.3 Å². The summed E-state index contributed by atoms with van der Waals surface area (Å²) in [5.74, 6) is 0. The van der Waals surface area contributed by atoms with Gasteiger partial charge >= 0.3 is 0 Å². The maximum absolute atomic E-state index is 8.40. The van der Waals surface area contributed by atoms with E-state index in [1.54, 1.807) is 0 Å². The lowest BCUT2D eigenvalue weighted by Crippen LogP contribution is -2.16. The summed E-state index contributed by atoms with van der Waals surface area (Å²) in [6.45, 7) is 2.21. The normalized spacial score (nSPS) is 12.4. The minimum absolute atomic E-state index is 0.240. The van der Waals surface area contributed by atoms with Gasteiger partial charge in [-0.3, -0.25) is 0 Å². The van der Waals surface area contributed by atoms with E-state index in [9.17, 15) is 0 Å². The van der Waals surface area contributed by atoms with Crippen molar-refractivity contribution < 1.29 is 0 Å². The second-order valence-corrected chi connectivity index (χ2v) is 3.29. The Hall–Kier alpha value is -0.550. The Morgan fingerprint density at radius 1 is 1.17 bits per heavy atom. The molecule has 0 radical (unpaired) electrons. The number of nitriles is 1. The number of rotatable bonds is 7. The van der Waals surface area contributed by atoms with Crippen LogP contribution in [-0.4, -0.2) is 6.04 Å². The monoisotopic (exact) mass is 168 g/mol. The van der Waals surface area contributed by atoms with Crippen LogP contribution in [0.5, 0.6) is 0 Å². The number of nitrogens with zero attached hydrogens (tertiary/aromatic N) is 1. The maximum Gasteiger partial charge on any atom is 0.0928 e. The Balaban J connectivity index is 2.96. The molecule has 0 aromatic rings. The van der Waals surface area contributed by atoms with Gasteiger partial charge in [0.25, 0.3) is 0 Å². The molecule has 0 aliphatic heterocycles. The fraction of sp³-hybridized carbons (Fsp3) is 0.900. The molecule has 0 aliphatic rings. The van der Waals surface area contributed by atoms with Crippen molar-refractivity contribution in [2.75, 3.05) is 0 Å². The van der Waals surface area contributed by atoms with Gasteiger partial charge in [-0.1, -0.05) is 45.4 Å². The highest BCUT2D eigenvalue weighted by atomic mass is 14.6. The van der Waals surface area contributed by atoms with Crippen molar-refractivity contribution in [3.63, 3.8) is 0 Å². The van der Waals surface area contributed by atoms with E-state index in [0.29, 0.717) is 0 Å². The lowest BCUT2D eigenvalue weighted by molar-refractivity contribution is 0.573. The van der Waals surface area contributed by atoms with Crippen LogP contribution in [0.4, 0.5) is 0 Å². The van der Waals surface area contributed by atoms with Gasteiger partial charge in [0.2, 0.25) is 0 Å². The highest BCUT2D eigenvalue weighted by Gasteiger charge is 1.97. The average molecular weight is 168 g/mol. The Kier molecular flexibility index (Phi) is 8.15. The Labute approximate surface area is 75.8 Å². The summed E-state index contributed by atoms with van der Waals surface area (Å²) in [5, 5.41) is 8.40. The molecule has 0 bridgehead atoms. The minimum atomic E-state index is -0.240. The number of nitrogens with two attached hydrogens (primary N) is 1. The zero-order valence-electron chi connectivity index (χ0n) is 8.05. The van der Waals surface area contributed by atoms with Gasteiger partial charge in [-0.05, 0) is 6.42 Å². The number of unbranched alkanes of at least 4 members (excludes halogenated alkanes) is 5. The third kappa shape index (κ3) is 7.56. The molecule has 0 fully saturated rings. The van der Waals surface area contributed by atoms with E-state index in [1.807, 2.05) is 6.07 Å². The van der Waals surface area contributed by atoms with Crippen LogP contribution in [0.15, 0.2) is 0 Å². The third-order valence-electron chi connectivity index (χ3n) is 2.03. The van der Waals surface area contributed by atoms with Crippen molar-refractivity contribution in [2.45, 2.75) is 57.9 Å². The van der Waals surface area contributed by atoms with E-state index < -0.39 is 0 Å². The molecule has 0 heterocycles. The first kappa shape index (κ1) is 11.4. The summed E-state index contributed by atoms with van der Waals surface area (Å²) in [5.41, 5.74) is 5.45. The second kappa shape index (κ2) is 8.55. The highest BCUT2D eigenvalue weighted by Crippen LogP contribution is 2.07. The van der Waals surface area contributed by atoms with E-state index >= 15 is 0 Å². The summed E-state index contributed by atoms with van der Waals surface area (Å²) in [6.07, 6.45) is 8.46. The zero-order chi connectivity index (χ0) is 9.23. The molecule has 0 aliphatic carbocycles. The van der Waals surface area contributed by atoms with E-state index in [2.05, 4.69) is 6.92 Å². The molecule has 0 spiro atoms. The van der Waals surface area contributed by atoms with Gasteiger partial charge in [-0.25, -0.2) is 0 Å². The van der Waals surface area contributed by atoms with Crippen molar-refractivity contribution >= 4 is 0 Å². The van der Waals surface area contributed by atoms with Gasteiger partial charge in [0.1, 0.15) is 0 Å².